The fourth-order valence-corrected chi connectivity index (χ4v) is 2.89. The number of benzene rings is 1. The lowest BCUT2D eigenvalue weighted by Gasteiger charge is -2.35. The van der Waals surface area contributed by atoms with Crippen LogP contribution in [0.3, 0.4) is 0 Å². The van der Waals surface area contributed by atoms with E-state index in [2.05, 4.69) is 15.8 Å². The maximum atomic E-state index is 12.9. The molecule has 24 heavy (non-hydrogen) atoms. The highest BCUT2D eigenvalue weighted by Crippen LogP contribution is 2.30. The van der Waals surface area contributed by atoms with Crippen LogP contribution in [0.25, 0.3) is 0 Å². The number of aryl methyl sites for hydroxylation is 1. The lowest BCUT2D eigenvalue weighted by atomic mass is 9.94. The SMILES string of the molecule is CC1=C(C(=O)Nc2cc(C)on2)C(c2ccccc2)NC(=S)N1C. The zero-order chi connectivity index (χ0) is 17.3. The quantitative estimate of drug-likeness (QED) is 0.836. The number of hydrogen-bond donors (Lipinski definition) is 2. The summed E-state index contributed by atoms with van der Waals surface area (Å²) in [6.07, 6.45) is 0. The Bertz CT molecular complexity index is 813. The minimum atomic E-state index is -0.317. The highest BCUT2D eigenvalue weighted by atomic mass is 32.1. The average Bonchev–Trinajstić information content (AvgIpc) is 2.97. The number of carbonyl (C=O) groups is 1. The summed E-state index contributed by atoms with van der Waals surface area (Å²) in [6, 6.07) is 11.1. The van der Waals surface area contributed by atoms with Crippen molar-refractivity contribution in [2.75, 3.05) is 12.4 Å². The first kappa shape index (κ1) is 16.2. The normalized spacial score (nSPS) is 17.7. The van der Waals surface area contributed by atoms with Crippen LogP contribution in [0.4, 0.5) is 5.82 Å². The van der Waals surface area contributed by atoms with E-state index < -0.39 is 0 Å². The molecule has 6 nitrogen and oxygen atoms in total. The van der Waals surface area contributed by atoms with E-state index in [4.69, 9.17) is 16.7 Å². The van der Waals surface area contributed by atoms with Crippen molar-refractivity contribution >= 4 is 29.1 Å². The number of nitrogens with one attached hydrogen (secondary N) is 2. The van der Waals surface area contributed by atoms with Gasteiger partial charge in [0, 0.05) is 18.8 Å². The van der Waals surface area contributed by atoms with E-state index in [0.717, 1.165) is 11.3 Å². The number of amides is 1. The molecule has 1 unspecified atom stereocenters. The number of anilines is 1. The van der Waals surface area contributed by atoms with Gasteiger partial charge < -0.3 is 20.1 Å². The fraction of sp³-hybridized carbons (Fsp3) is 0.235. The Balaban J connectivity index is 1.98. The minimum absolute atomic E-state index is 0.239. The Morgan fingerprint density at radius 2 is 2.04 bits per heavy atom. The highest BCUT2D eigenvalue weighted by Gasteiger charge is 2.32. The predicted octanol–water partition coefficient (Wildman–Crippen LogP) is 2.76. The zero-order valence-corrected chi connectivity index (χ0v) is 14.5. The molecule has 0 saturated heterocycles. The highest BCUT2D eigenvalue weighted by molar-refractivity contribution is 7.80. The Hall–Kier alpha value is -2.67. The second-order valence-electron chi connectivity index (χ2n) is 5.63. The van der Waals surface area contributed by atoms with Crippen molar-refractivity contribution in [2.24, 2.45) is 0 Å². The van der Waals surface area contributed by atoms with Crippen LogP contribution >= 0.6 is 12.2 Å². The Morgan fingerprint density at radius 3 is 2.67 bits per heavy atom. The Labute approximate surface area is 145 Å². The van der Waals surface area contributed by atoms with Gasteiger partial charge >= 0.3 is 0 Å². The molecule has 0 saturated carbocycles. The van der Waals surface area contributed by atoms with Crippen molar-refractivity contribution in [3.63, 3.8) is 0 Å². The Morgan fingerprint density at radius 1 is 1.33 bits per heavy atom. The van der Waals surface area contributed by atoms with Gasteiger partial charge in [-0.25, -0.2) is 0 Å². The van der Waals surface area contributed by atoms with E-state index in [0.29, 0.717) is 22.3 Å². The molecule has 1 aromatic heterocycles. The van der Waals surface area contributed by atoms with E-state index in [-0.39, 0.29) is 11.9 Å². The summed E-state index contributed by atoms with van der Waals surface area (Å²) in [5.74, 6) is 0.785. The third-order valence-corrected chi connectivity index (χ3v) is 4.39. The molecule has 3 rings (SSSR count). The van der Waals surface area contributed by atoms with Gasteiger partial charge in [-0.3, -0.25) is 4.79 Å². The second kappa shape index (κ2) is 6.45. The van der Waals surface area contributed by atoms with Gasteiger partial charge in [-0.15, -0.1) is 0 Å². The Kier molecular flexibility index (Phi) is 4.35. The third kappa shape index (κ3) is 3.03. The number of nitrogens with zero attached hydrogens (tertiary/aromatic N) is 2. The molecule has 7 heteroatoms. The summed E-state index contributed by atoms with van der Waals surface area (Å²) in [6.45, 7) is 3.65. The van der Waals surface area contributed by atoms with Crippen molar-refractivity contribution in [1.29, 1.82) is 0 Å². The molecule has 2 aromatic rings. The number of carbonyl (C=O) groups excluding carboxylic acids is 1. The summed E-state index contributed by atoms with van der Waals surface area (Å²) in [4.78, 5) is 14.7. The van der Waals surface area contributed by atoms with E-state index >= 15 is 0 Å². The number of allylic oxidation sites excluding steroid dienone is 1. The second-order valence-corrected chi connectivity index (χ2v) is 6.01. The van der Waals surface area contributed by atoms with E-state index in [1.165, 1.54) is 0 Å². The molecule has 1 aliphatic heterocycles. The van der Waals surface area contributed by atoms with E-state index in [1.807, 2.05) is 44.3 Å². The first-order chi connectivity index (χ1) is 11.5. The van der Waals surface area contributed by atoms with Crippen LogP contribution in [0.1, 0.15) is 24.3 Å². The number of aromatic nitrogens is 1. The van der Waals surface area contributed by atoms with Crippen LogP contribution in [0, 0.1) is 6.92 Å². The summed E-state index contributed by atoms with van der Waals surface area (Å²) in [5, 5.41) is 10.4. The van der Waals surface area contributed by atoms with Crippen LogP contribution < -0.4 is 10.6 Å². The van der Waals surface area contributed by atoms with Crippen molar-refractivity contribution < 1.29 is 9.32 Å². The molecule has 0 fully saturated rings. The van der Waals surface area contributed by atoms with Gasteiger partial charge in [-0.1, -0.05) is 35.5 Å². The minimum Gasteiger partial charge on any atom is -0.360 e. The van der Waals surface area contributed by atoms with Crippen molar-refractivity contribution in [2.45, 2.75) is 19.9 Å². The third-order valence-electron chi connectivity index (χ3n) is 4.00. The molecular weight excluding hydrogens is 324 g/mol. The summed E-state index contributed by atoms with van der Waals surface area (Å²) < 4.78 is 5.00. The first-order valence-electron chi connectivity index (χ1n) is 7.52. The summed E-state index contributed by atoms with van der Waals surface area (Å²) in [5.41, 5.74) is 2.36. The molecule has 0 radical (unpaired) electrons. The van der Waals surface area contributed by atoms with Crippen LogP contribution in [-0.4, -0.2) is 28.1 Å². The van der Waals surface area contributed by atoms with Gasteiger partial charge in [-0.2, -0.15) is 0 Å². The van der Waals surface area contributed by atoms with E-state index in [9.17, 15) is 4.79 Å². The smallest absolute Gasteiger partial charge is 0.257 e. The molecule has 0 spiro atoms. The largest absolute Gasteiger partial charge is 0.360 e. The van der Waals surface area contributed by atoms with Crippen LogP contribution in [0.2, 0.25) is 0 Å². The number of hydrogen-bond acceptors (Lipinski definition) is 4. The lowest BCUT2D eigenvalue weighted by molar-refractivity contribution is -0.113. The van der Waals surface area contributed by atoms with Crippen LogP contribution in [0.5, 0.6) is 0 Å². The molecule has 1 amide bonds. The first-order valence-corrected chi connectivity index (χ1v) is 7.93. The number of thiocarbonyl (C=S) groups is 1. The van der Waals surface area contributed by atoms with Gasteiger partial charge in [0.05, 0.1) is 11.6 Å². The lowest BCUT2D eigenvalue weighted by Crippen LogP contribution is -2.46. The molecule has 1 aliphatic rings. The zero-order valence-electron chi connectivity index (χ0n) is 13.7. The van der Waals surface area contributed by atoms with Gasteiger partial charge in [0.2, 0.25) is 0 Å². The molecule has 1 aromatic carbocycles. The maximum Gasteiger partial charge on any atom is 0.257 e. The van der Waals surface area contributed by atoms with Gasteiger partial charge in [0.25, 0.3) is 5.91 Å². The molecule has 0 bridgehead atoms. The summed E-state index contributed by atoms with van der Waals surface area (Å²) in [7, 11) is 1.83. The molecule has 124 valence electrons. The van der Waals surface area contributed by atoms with E-state index in [1.54, 1.807) is 17.9 Å². The molecular formula is C17H18N4O2S. The summed E-state index contributed by atoms with van der Waals surface area (Å²) >= 11 is 5.38. The monoisotopic (exact) mass is 342 g/mol. The van der Waals surface area contributed by atoms with Gasteiger partial charge in [0.15, 0.2) is 10.9 Å². The molecule has 0 aliphatic carbocycles. The molecule has 2 N–H and O–H groups in total. The topological polar surface area (TPSA) is 70.4 Å². The van der Waals surface area contributed by atoms with Gasteiger partial charge in [0.1, 0.15) is 5.76 Å². The van der Waals surface area contributed by atoms with Crippen molar-refractivity contribution in [1.82, 2.24) is 15.4 Å². The molecule has 1 atom stereocenters. The van der Waals surface area contributed by atoms with Gasteiger partial charge in [-0.05, 0) is 31.6 Å². The van der Waals surface area contributed by atoms with Crippen molar-refractivity contribution in [3.8, 4) is 0 Å². The standard InChI is InChI=1S/C17H18N4O2S/c1-10-9-13(20-23-10)18-16(22)14-11(2)21(3)17(24)19-15(14)12-7-5-4-6-8-12/h4-9,15H,1-3H3,(H,19,24)(H,18,20,22). The maximum absolute atomic E-state index is 12.9. The molecule has 2 heterocycles. The van der Waals surface area contributed by atoms with Crippen LogP contribution in [0.15, 0.2) is 52.2 Å². The van der Waals surface area contributed by atoms with Crippen molar-refractivity contribution in [3.05, 3.63) is 59.0 Å². The average molecular weight is 342 g/mol. The number of rotatable bonds is 3. The van der Waals surface area contributed by atoms with Crippen LogP contribution in [-0.2, 0) is 4.79 Å². The fourth-order valence-electron chi connectivity index (χ4n) is 2.63. The predicted molar refractivity (Wildman–Crippen MR) is 95.2 cm³/mol.